The molecule has 0 amide bonds. The SMILES string of the molecule is C=Cn1cc(-c2cc(C(=O)O)[nH]n2)cn1. The van der Waals surface area contributed by atoms with Gasteiger partial charge in [-0.1, -0.05) is 6.58 Å². The third-order valence-electron chi connectivity index (χ3n) is 1.89. The van der Waals surface area contributed by atoms with E-state index in [9.17, 15) is 4.79 Å². The third kappa shape index (κ3) is 1.64. The van der Waals surface area contributed by atoms with E-state index in [1.54, 1.807) is 12.4 Å². The Morgan fingerprint density at radius 2 is 2.47 bits per heavy atom. The van der Waals surface area contributed by atoms with Crippen LogP contribution in [0.2, 0.25) is 0 Å². The molecule has 0 aliphatic rings. The highest BCUT2D eigenvalue weighted by Gasteiger charge is 2.09. The molecule has 2 N–H and O–H groups in total. The van der Waals surface area contributed by atoms with Crippen molar-refractivity contribution in [1.29, 1.82) is 0 Å². The summed E-state index contributed by atoms with van der Waals surface area (Å²) in [5.41, 5.74) is 1.33. The third-order valence-corrected chi connectivity index (χ3v) is 1.89. The molecule has 0 bridgehead atoms. The summed E-state index contributed by atoms with van der Waals surface area (Å²) >= 11 is 0. The molecule has 2 rings (SSSR count). The van der Waals surface area contributed by atoms with E-state index in [-0.39, 0.29) is 5.69 Å². The molecular weight excluding hydrogens is 196 g/mol. The lowest BCUT2D eigenvalue weighted by atomic mass is 10.2. The minimum absolute atomic E-state index is 0.0522. The second kappa shape index (κ2) is 3.41. The molecule has 0 aliphatic carbocycles. The second-order valence-corrected chi connectivity index (χ2v) is 2.86. The summed E-state index contributed by atoms with van der Waals surface area (Å²) < 4.78 is 1.52. The minimum Gasteiger partial charge on any atom is -0.477 e. The average Bonchev–Trinajstić information content (AvgIpc) is 2.86. The number of nitrogens with one attached hydrogen (secondary N) is 1. The topological polar surface area (TPSA) is 83.8 Å². The van der Waals surface area contributed by atoms with Crippen LogP contribution in [0.25, 0.3) is 17.5 Å². The first-order valence-electron chi connectivity index (χ1n) is 4.16. The van der Waals surface area contributed by atoms with Gasteiger partial charge in [-0.25, -0.2) is 9.48 Å². The maximum atomic E-state index is 10.6. The zero-order valence-corrected chi connectivity index (χ0v) is 7.71. The molecule has 0 aliphatic heterocycles. The van der Waals surface area contributed by atoms with Crippen LogP contribution in [-0.2, 0) is 0 Å². The van der Waals surface area contributed by atoms with E-state index < -0.39 is 5.97 Å². The van der Waals surface area contributed by atoms with Gasteiger partial charge in [-0.3, -0.25) is 5.10 Å². The van der Waals surface area contributed by atoms with Crippen molar-refractivity contribution >= 4 is 12.2 Å². The fraction of sp³-hybridized carbons (Fsp3) is 0. The number of H-pyrrole nitrogens is 1. The monoisotopic (exact) mass is 204 g/mol. The van der Waals surface area contributed by atoms with E-state index in [0.29, 0.717) is 5.69 Å². The number of hydrogen-bond donors (Lipinski definition) is 2. The molecule has 2 aromatic heterocycles. The average molecular weight is 204 g/mol. The molecule has 0 saturated carbocycles. The molecule has 6 nitrogen and oxygen atoms in total. The number of carboxylic acid groups (broad SMARTS) is 1. The van der Waals surface area contributed by atoms with Crippen molar-refractivity contribution in [3.05, 3.63) is 30.7 Å². The van der Waals surface area contributed by atoms with Gasteiger partial charge in [-0.2, -0.15) is 10.2 Å². The Kier molecular flexibility index (Phi) is 2.09. The highest BCUT2D eigenvalue weighted by atomic mass is 16.4. The molecule has 0 radical (unpaired) electrons. The van der Waals surface area contributed by atoms with Crippen LogP contribution in [0.15, 0.2) is 25.0 Å². The van der Waals surface area contributed by atoms with Crippen LogP contribution in [0.3, 0.4) is 0 Å². The lowest BCUT2D eigenvalue weighted by Gasteiger charge is -1.86. The summed E-state index contributed by atoms with van der Waals surface area (Å²) in [6, 6.07) is 1.45. The quantitative estimate of drug-likeness (QED) is 0.783. The van der Waals surface area contributed by atoms with Crippen molar-refractivity contribution < 1.29 is 9.90 Å². The van der Waals surface area contributed by atoms with Crippen molar-refractivity contribution in [2.45, 2.75) is 0 Å². The standard InChI is InChI=1S/C9H8N4O2/c1-2-13-5-6(4-10-13)7-3-8(9(14)15)12-11-7/h2-5H,1H2,(H,11,12)(H,14,15). The molecule has 76 valence electrons. The first-order valence-corrected chi connectivity index (χ1v) is 4.16. The van der Waals surface area contributed by atoms with Crippen LogP contribution in [-0.4, -0.2) is 31.1 Å². The first-order chi connectivity index (χ1) is 7.20. The zero-order valence-electron chi connectivity index (χ0n) is 7.71. The van der Waals surface area contributed by atoms with Gasteiger partial charge in [-0.05, 0) is 6.07 Å². The summed E-state index contributed by atoms with van der Waals surface area (Å²) in [5.74, 6) is -1.04. The highest BCUT2D eigenvalue weighted by Crippen LogP contribution is 2.16. The molecule has 0 unspecified atom stereocenters. The number of rotatable bonds is 3. The predicted octanol–water partition coefficient (Wildman–Crippen LogP) is 1.07. The highest BCUT2D eigenvalue weighted by molar-refractivity contribution is 5.86. The number of aromatic amines is 1. The van der Waals surface area contributed by atoms with Crippen molar-refractivity contribution in [1.82, 2.24) is 20.0 Å². The fourth-order valence-electron chi connectivity index (χ4n) is 1.15. The molecular formula is C9H8N4O2. The molecule has 2 aromatic rings. The van der Waals surface area contributed by atoms with Crippen molar-refractivity contribution in [2.24, 2.45) is 0 Å². The van der Waals surface area contributed by atoms with E-state index >= 15 is 0 Å². The van der Waals surface area contributed by atoms with Crippen molar-refractivity contribution in [2.75, 3.05) is 0 Å². The second-order valence-electron chi connectivity index (χ2n) is 2.86. The molecule has 0 atom stereocenters. The van der Waals surface area contributed by atoms with Gasteiger partial charge >= 0.3 is 5.97 Å². The van der Waals surface area contributed by atoms with Crippen molar-refractivity contribution in [3.8, 4) is 11.3 Å². The van der Waals surface area contributed by atoms with Gasteiger partial charge in [0.15, 0.2) is 0 Å². The smallest absolute Gasteiger partial charge is 0.353 e. The lowest BCUT2D eigenvalue weighted by Crippen LogP contribution is -1.95. The van der Waals surface area contributed by atoms with E-state index in [2.05, 4.69) is 21.9 Å². The maximum absolute atomic E-state index is 10.6. The minimum atomic E-state index is -1.04. The van der Waals surface area contributed by atoms with Crippen LogP contribution in [0.5, 0.6) is 0 Å². The molecule has 0 saturated heterocycles. The molecule has 2 heterocycles. The lowest BCUT2D eigenvalue weighted by molar-refractivity contribution is 0.0690. The number of carboxylic acids is 1. The van der Waals surface area contributed by atoms with Crippen LogP contribution >= 0.6 is 0 Å². The summed E-state index contributed by atoms with van der Waals surface area (Å²) in [6.07, 6.45) is 4.83. The predicted molar refractivity (Wildman–Crippen MR) is 53.2 cm³/mol. The zero-order chi connectivity index (χ0) is 10.8. The van der Waals surface area contributed by atoms with Crippen molar-refractivity contribution in [3.63, 3.8) is 0 Å². The molecule has 0 fully saturated rings. The number of hydrogen-bond acceptors (Lipinski definition) is 3. The number of carbonyl (C=O) groups is 1. The molecule has 0 spiro atoms. The van der Waals surface area contributed by atoms with E-state index in [1.807, 2.05) is 0 Å². The fourth-order valence-corrected chi connectivity index (χ4v) is 1.15. The van der Waals surface area contributed by atoms with E-state index in [1.165, 1.54) is 16.9 Å². The van der Waals surface area contributed by atoms with Crippen LogP contribution in [0.1, 0.15) is 10.5 Å². The van der Waals surface area contributed by atoms with Crippen LogP contribution in [0, 0.1) is 0 Å². The Hall–Kier alpha value is -2.37. The number of aromatic nitrogens is 4. The van der Waals surface area contributed by atoms with E-state index in [0.717, 1.165) is 5.56 Å². The summed E-state index contributed by atoms with van der Waals surface area (Å²) in [5, 5.41) is 18.9. The Labute approximate surface area is 84.9 Å². The Balaban J connectivity index is 2.36. The van der Waals surface area contributed by atoms with Gasteiger partial charge in [-0.15, -0.1) is 0 Å². The van der Waals surface area contributed by atoms with Gasteiger partial charge in [0.2, 0.25) is 0 Å². The van der Waals surface area contributed by atoms with Gasteiger partial charge in [0.1, 0.15) is 5.69 Å². The Morgan fingerprint density at radius 3 is 3.00 bits per heavy atom. The molecule has 6 heteroatoms. The van der Waals surface area contributed by atoms with Gasteiger partial charge in [0.05, 0.1) is 11.9 Å². The summed E-state index contributed by atoms with van der Waals surface area (Å²) in [7, 11) is 0. The van der Waals surface area contributed by atoms with Gasteiger partial charge < -0.3 is 5.11 Å². The normalized spacial score (nSPS) is 10.1. The van der Waals surface area contributed by atoms with E-state index in [4.69, 9.17) is 5.11 Å². The van der Waals surface area contributed by atoms with Crippen LogP contribution < -0.4 is 0 Å². The maximum Gasteiger partial charge on any atom is 0.353 e. The van der Waals surface area contributed by atoms with Gasteiger partial charge in [0.25, 0.3) is 0 Å². The molecule has 0 aromatic carbocycles. The number of nitrogens with zero attached hydrogens (tertiary/aromatic N) is 3. The number of aromatic carboxylic acids is 1. The van der Waals surface area contributed by atoms with Gasteiger partial charge in [0, 0.05) is 18.0 Å². The summed E-state index contributed by atoms with van der Waals surface area (Å²) in [6.45, 7) is 3.55. The Morgan fingerprint density at radius 1 is 1.67 bits per heavy atom. The van der Waals surface area contributed by atoms with Crippen LogP contribution in [0.4, 0.5) is 0 Å². The molecule has 15 heavy (non-hydrogen) atoms. The Bertz CT molecular complexity index is 512. The largest absolute Gasteiger partial charge is 0.477 e. The summed E-state index contributed by atoms with van der Waals surface area (Å²) in [4.78, 5) is 10.6. The first kappa shape index (κ1) is 9.20.